The van der Waals surface area contributed by atoms with E-state index in [1.807, 2.05) is 0 Å². The van der Waals surface area contributed by atoms with Gasteiger partial charge in [0.05, 0.1) is 0 Å². The summed E-state index contributed by atoms with van der Waals surface area (Å²) in [6, 6.07) is 0. The number of carboxylic acid groups (broad SMARTS) is 1. The van der Waals surface area contributed by atoms with Crippen LogP contribution in [0.2, 0.25) is 0 Å². The highest BCUT2D eigenvalue weighted by Crippen LogP contribution is 2.25. The molecular weight excluding hydrogens is 248 g/mol. The fourth-order valence-corrected chi connectivity index (χ4v) is 2.56. The van der Waals surface area contributed by atoms with Crippen LogP contribution in [-0.2, 0) is 0 Å². The highest BCUT2D eigenvalue weighted by atomic mass is 32.1. The third-order valence-electron chi connectivity index (χ3n) is 1.75. The molecule has 0 aliphatic heterocycles. The molecule has 0 aliphatic rings. The maximum Gasteiger partial charge on any atom is 0.355 e. The molecule has 0 aliphatic carbocycles. The zero-order chi connectivity index (χ0) is 11.7. The van der Waals surface area contributed by atoms with Gasteiger partial charge in [0.1, 0.15) is 10.7 Å². The summed E-state index contributed by atoms with van der Waals surface area (Å²) in [5.41, 5.74) is 0.546. The maximum atomic E-state index is 11.0. The highest BCUT2D eigenvalue weighted by Gasteiger charge is 2.13. The summed E-state index contributed by atoms with van der Waals surface area (Å²) < 4.78 is 0. The number of rotatable bonds is 3. The quantitative estimate of drug-likeness (QED) is 0.849. The van der Waals surface area contributed by atoms with Gasteiger partial charge < -0.3 is 5.11 Å². The standard InChI is InChI=1S/C9H6N2O3S2/c1-4(12)7-10-5(2-15-7)8-11-6(3-16-8)9(13)14/h2-3H,1H3,(H,13,14). The number of Topliss-reactive ketones (excluding diaryl/α,β-unsaturated/α-hetero) is 1. The van der Waals surface area contributed by atoms with E-state index in [0.29, 0.717) is 15.7 Å². The van der Waals surface area contributed by atoms with Crippen LogP contribution in [0.15, 0.2) is 10.8 Å². The van der Waals surface area contributed by atoms with E-state index in [-0.39, 0.29) is 11.5 Å². The summed E-state index contributed by atoms with van der Waals surface area (Å²) in [4.78, 5) is 29.7. The van der Waals surface area contributed by atoms with E-state index in [2.05, 4.69) is 9.97 Å². The Morgan fingerprint density at radius 1 is 1.25 bits per heavy atom. The second kappa shape index (κ2) is 4.11. The van der Waals surface area contributed by atoms with Crippen LogP contribution in [0, 0.1) is 0 Å². The number of thiazole rings is 2. The molecule has 0 fully saturated rings. The average Bonchev–Trinajstić information content (AvgIpc) is 2.86. The largest absolute Gasteiger partial charge is 0.476 e. The Labute approximate surface area is 98.4 Å². The number of aromatic nitrogens is 2. The Balaban J connectivity index is 2.35. The van der Waals surface area contributed by atoms with Gasteiger partial charge in [0, 0.05) is 17.7 Å². The molecule has 0 saturated carbocycles. The van der Waals surface area contributed by atoms with Gasteiger partial charge >= 0.3 is 5.97 Å². The molecule has 0 amide bonds. The predicted octanol–water partition coefficient (Wildman–Crippen LogP) is 2.17. The van der Waals surface area contributed by atoms with Crippen LogP contribution in [0.4, 0.5) is 0 Å². The molecule has 5 nitrogen and oxygen atoms in total. The van der Waals surface area contributed by atoms with E-state index in [0.717, 1.165) is 0 Å². The van der Waals surface area contributed by atoms with E-state index in [1.165, 1.54) is 35.0 Å². The predicted molar refractivity (Wildman–Crippen MR) is 60.2 cm³/mol. The molecule has 2 rings (SSSR count). The van der Waals surface area contributed by atoms with Crippen LogP contribution in [0.1, 0.15) is 27.2 Å². The number of carbonyl (C=O) groups is 2. The van der Waals surface area contributed by atoms with Crippen molar-refractivity contribution in [3.8, 4) is 10.7 Å². The third kappa shape index (κ3) is 2.00. The first kappa shape index (κ1) is 10.9. The number of ketones is 1. The van der Waals surface area contributed by atoms with Gasteiger partial charge in [-0.3, -0.25) is 4.79 Å². The first-order chi connectivity index (χ1) is 7.58. The molecule has 82 valence electrons. The lowest BCUT2D eigenvalue weighted by Gasteiger charge is -1.86. The van der Waals surface area contributed by atoms with E-state index in [4.69, 9.17) is 5.11 Å². The Morgan fingerprint density at radius 3 is 2.50 bits per heavy atom. The second-order valence-electron chi connectivity index (χ2n) is 2.94. The number of hydrogen-bond acceptors (Lipinski definition) is 6. The van der Waals surface area contributed by atoms with Crippen molar-refractivity contribution in [1.82, 2.24) is 9.97 Å². The van der Waals surface area contributed by atoms with Gasteiger partial charge in [0.25, 0.3) is 0 Å². The van der Waals surface area contributed by atoms with Crippen molar-refractivity contribution in [3.05, 3.63) is 21.5 Å². The molecule has 16 heavy (non-hydrogen) atoms. The Bertz CT molecular complexity index is 508. The number of nitrogens with zero attached hydrogens (tertiary/aromatic N) is 2. The van der Waals surface area contributed by atoms with Gasteiger partial charge in [0.15, 0.2) is 16.5 Å². The fraction of sp³-hybridized carbons (Fsp3) is 0.111. The molecule has 0 bridgehead atoms. The smallest absolute Gasteiger partial charge is 0.355 e. The van der Waals surface area contributed by atoms with Crippen molar-refractivity contribution in [3.63, 3.8) is 0 Å². The van der Waals surface area contributed by atoms with Gasteiger partial charge in [-0.05, 0) is 0 Å². The molecule has 2 aromatic rings. The topological polar surface area (TPSA) is 80.2 Å². The van der Waals surface area contributed by atoms with Crippen molar-refractivity contribution in [1.29, 1.82) is 0 Å². The van der Waals surface area contributed by atoms with Crippen LogP contribution < -0.4 is 0 Å². The van der Waals surface area contributed by atoms with E-state index in [1.54, 1.807) is 5.38 Å². The fourth-order valence-electron chi connectivity index (χ4n) is 1.02. The summed E-state index contributed by atoms with van der Waals surface area (Å²) in [6.07, 6.45) is 0. The van der Waals surface area contributed by atoms with E-state index in [9.17, 15) is 9.59 Å². The first-order valence-electron chi connectivity index (χ1n) is 4.23. The first-order valence-corrected chi connectivity index (χ1v) is 5.99. The van der Waals surface area contributed by atoms with E-state index >= 15 is 0 Å². The van der Waals surface area contributed by atoms with Gasteiger partial charge in [0.2, 0.25) is 0 Å². The van der Waals surface area contributed by atoms with Gasteiger partial charge in [-0.15, -0.1) is 22.7 Å². The van der Waals surface area contributed by atoms with E-state index < -0.39 is 5.97 Å². The van der Waals surface area contributed by atoms with Crippen molar-refractivity contribution < 1.29 is 14.7 Å². The van der Waals surface area contributed by atoms with Crippen LogP contribution in [0.25, 0.3) is 10.7 Å². The zero-order valence-electron chi connectivity index (χ0n) is 8.13. The molecule has 0 unspecified atom stereocenters. The van der Waals surface area contributed by atoms with Crippen LogP contribution >= 0.6 is 22.7 Å². The molecule has 0 spiro atoms. The summed E-state index contributed by atoms with van der Waals surface area (Å²) in [5, 5.41) is 12.8. The summed E-state index contributed by atoms with van der Waals surface area (Å²) in [5.74, 6) is -1.17. The van der Waals surface area contributed by atoms with Crippen LogP contribution in [-0.4, -0.2) is 26.8 Å². The SMILES string of the molecule is CC(=O)c1nc(-c2nc(C(=O)O)cs2)cs1. The summed E-state index contributed by atoms with van der Waals surface area (Å²) in [7, 11) is 0. The van der Waals surface area contributed by atoms with Gasteiger partial charge in [-0.25, -0.2) is 14.8 Å². The monoisotopic (exact) mass is 254 g/mol. The van der Waals surface area contributed by atoms with Crippen molar-refractivity contribution in [2.75, 3.05) is 0 Å². The number of carboxylic acids is 1. The lowest BCUT2D eigenvalue weighted by Crippen LogP contribution is -1.95. The molecule has 1 N–H and O–H groups in total. The third-order valence-corrected chi connectivity index (χ3v) is 3.56. The Morgan fingerprint density at radius 2 is 2.00 bits per heavy atom. The molecular formula is C9H6N2O3S2. The van der Waals surface area contributed by atoms with Crippen molar-refractivity contribution in [2.45, 2.75) is 6.92 Å². The second-order valence-corrected chi connectivity index (χ2v) is 4.65. The minimum atomic E-state index is -1.07. The highest BCUT2D eigenvalue weighted by molar-refractivity contribution is 7.14. The molecule has 0 atom stereocenters. The lowest BCUT2D eigenvalue weighted by molar-refractivity contribution is 0.0691. The average molecular weight is 254 g/mol. The molecule has 0 aromatic carbocycles. The molecule has 7 heteroatoms. The maximum absolute atomic E-state index is 11.0. The Kier molecular flexibility index (Phi) is 2.80. The summed E-state index contributed by atoms with van der Waals surface area (Å²) in [6.45, 7) is 1.44. The number of hydrogen-bond donors (Lipinski definition) is 1. The Hall–Kier alpha value is -1.60. The van der Waals surface area contributed by atoms with Crippen molar-refractivity contribution >= 4 is 34.4 Å². The lowest BCUT2D eigenvalue weighted by atomic mass is 10.4. The minimum Gasteiger partial charge on any atom is -0.476 e. The van der Waals surface area contributed by atoms with Crippen LogP contribution in [0.3, 0.4) is 0 Å². The number of aromatic carboxylic acids is 1. The van der Waals surface area contributed by atoms with Gasteiger partial charge in [-0.1, -0.05) is 0 Å². The minimum absolute atomic E-state index is 0.00243. The van der Waals surface area contributed by atoms with Crippen LogP contribution in [0.5, 0.6) is 0 Å². The molecule has 0 radical (unpaired) electrons. The van der Waals surface area contributed by atoms with Gasteiger partial charge in [-0.2, -0.15) is 0 Å². The molecule has 2 heterocycles. The number of carbonyl (C=O) groups excluding carboxylic acids is 1. The van der Waals surface area contributed by atoms with Crippen molar-refractivity contribution in [2.24, 2.45) is 0 Å². The zero-order valence-corrected chi connectivity index (χ0v) is 9.76. The normalized spacial score (nSPS) is 10.3. The molecule has 2 aromatic heterocycles. The summed E-state index contributed by atoms with van der Waals surface area (Å²) >= 11 is 2.43. The molecule has 0 saturated heterocycles.